The lowest BCUT2D eigenvalue weighted by Gasteiger charge is -2.36. The predicted octanol–water partition coefficient (Wildman–Crippen LogP) is 3.60. The molecule has 0 amide bonds. The summed E-state index contributed by atoms with van der Waals surface area (Å²) in [6.07, 6.45) is 5.03. The van der Waals surface area contributed by atoms with Crippen molar-refractivity contribution in [2.75, 3.05) is 16.3 Å². The first-order valence-electron chi connectivity index (χ1n) is 7.61. The number of nitrogens with one attached hydrogen (secondary N) is 2. The van der Waals surface area contributed by atoms with Crippen LogP contribution in [0.1, 0.15) is 38.7 Å². The maximum atomic E-state index is 11.3. The molecule has 0 saturated heterocycles. The van der Waals surface area contributed by atoms with Gasteiger partial charge in [-0.25, -0.2) is 8.42 Å². The molecule has 5 heteroatoms. The fourth-order valence-corrected chi connectivity index (χ4v) is 3.85. The zero-order valence-corrected chi connectivity index (χ0v) is 14.1. The van der Waals surface area contributed by atoms with Crippen LogP contribution in [0, 0.1) is 18.8 Å². The van der Waals surface area contributed by atoms with Gasteiger partial charge in [0.2, 0.25) is 10.0 Å². The molecule has 0 bridgehead atoms. The summed E-state index contributed by atoms with van der Waals surface area (Å²) in [7, 11) is -3.23. The zero-order chi connectivity index (χ0) is 15.6. The van der Waals surface area contributed by atoms with Gasteiger partial charge in [-0.2, -0.15) is 0 Å². The monoisotopic (exact) mass is 310 g/mol. The molecule has 0 aliphatic heterocycles. The van der Waals surface area contributed by atoms with Gasteiger partial charge in [-0.3, -0.25) is 4.72 Å². The van der Waals surface area contributed by atoms with Gasteiger partial charge in [0, 0.05) is 11.7 Å². The molecule has 1 aliphatic rings. The topological polar surface area (TPSA) is 58.2 Å². The van der Waals surface area contributed by atoms with Crippen LogP contribution in [-0.2, 0) is 10.0 Å². The van der Waals surface area contributed by atoms with Crippen molar-refractivity contribution >= 4 is 21.4 Å². The third-order valence-electron chi connectivity index (χ3n) is 4.40. The van der Waals surface area contributed by atoms with E-state index in [-0.39, 0.29) is 0 Å². The number of sulfonamides is 1. The minimum Gasteiger partial charge on any atom is -0.382 e. The van der Waals surface area contributed by atoms with Crippen molar-refractivity contribution in [2.24, 2.45) is 11.8 Å². The van der Waals surface area contributed by atoms with E-state index in [2.05, 4.69) is 23.9 Å². The van der Waals surface area contributed by atoms with Crippen LogP contribution in [0.3, 0.4) is 0 Å². The molecule has 2 rings (SSSR count). The van der Waals surface area contributed by atoms with Gasteiger partial charge in [0.1, 0.15) is 0 Å². The summed E-state index contributed by atoms with van der Waals surface area (Å²) in [5.74, 6) is 1.34. The SMILES string of the molecule is Cc1cc(NC2C(C)CCCC2C)ccc1NS(C)(=O)=O. The second-order valence-corrected chi connectivity index (χ2v) is 8.21. The molecule has 0 spiro atoms. The molecule has 2 unspecified atom stereocenters. The van der Waals surface area contributed by atoms with Crippen LogP contribution in [0.5, 0.6) is 0 Å². The highest BCUT2D eigenvalue weighted by atomic mass is 32.2. The molecular formula is C16H26N2O2S. The number of hydrogen-bond acceptors (Lipinski definition) is 3. The molecule has 1 fully saturated rings. The molecular weight excluding hydrogens is 284 g/mol. The Bertz CT molecular complexity index is 588. The fourth-order valence-electron chi connectivity index (χ4n) is 3.23. The maximum absolute atomic E-state index is 11.3. The molecule has 1 saturated carbocycles. The lowest BCUT2D eigenvalue weighted by atomic mass is 9.78. The summed E-state index contributed by atoms with van der Waals surface area (Å²) < 4.78 is 25.2. The van der Waals surface area contributed by atoms with Crippen LogP contribution >= 0.6 is 0 Å². The third-order valence-corrected chi connectivity index (χ3v) is 4.99. The third kappa shape index (κ3) is 4.37. The van der Waals surface area contributed by atoms with Crippen LogP contribution in [0.25, 0.3) is 0 Å². The second-order valence-electron chi connectivity index (χ2n) is 6.46. The van der Waals surface area contributed by atoms with E-state index >= 15 is 0 Å². The van der Waals surface area contributed by atoms with Crippen molar-refractivity contribution < 1.29 is 8.42 Å². The first kappa shape index (κ1) is 16.1. The van der Waals surface area contributed by atoms with E-state index in [9.17, 15) is 8.42 Å². The Hall–Kier alpha value is -1.23. The number of rotatable bonds is 4. The molecule has 1 aliphatic carbocycles. The van der Waals surface area contributed by atoms with Crippen molar-refractivity contribution in [2.45, 2.75) is 46.1 Å². The first-order chi connectivity index (χ1) is 9.76. The van der Waals surface area contributed by atoms with E-state index in [1.165, 1.54) is 25.5 Å². The van der Waals surface area contributed by atoms with Gasteiger partial charge >= 0.3 is 0 Å². The van der Waals surface area contributed by atoms with Crippen LogP contribution in [0.15, 0.2) is 18.2 Å². The van der Waals surface area contributed by atoms with E-state index in [4.69, 9.17) is 0 Å². The Kier molecular flexibility index (Phi) is 4.81. The van der Waals surface area contributed by atoms with Gasteiger partial charge in [0.05, 0.1) is 11.9 Å². The Morgan fingerprint density at radius 1 is 1.14 bits per heavy atom. The lowest BCUT2D eigenvalue weighted by molar-refractivity contribution is 0.268. The minimum absolute atomic E-state index is 0.492. The molecule has 118 valence electrons. The number of aryl methyl sites for hydroxylation is 1. The summed E-state index contributed by atoms with van der Waals surface area (Å²) >= 11 is 0. The average molecular weight is 310 g/mol. The molecule has 0 radical (unpaired) electrons. The molecule has 0 heterocycles. The standard InChI is InChI=1S/C16H26N2O2S/c1-11-6-5-7-12(2)16(11)17-14-8-9-15(13(3)10-14)18-21(4,19)20/h8-12,16-18H,5-7H2,1-4H3. The zero-order valence-electron chi connectivity index (χ0n) is 13.3. The molecule has 2 N–H and O–H groups in total. The van der Waals surface area contributed by atoms with Crippen LogP contribution in [0.4, 0.5) is 11.4 Å². The van der Waals surface area contributed by atoms with Crippen molar-refractivity contribution in [1.29, 1.82) is 0 Å². The highest BCUT2D eigenvalue weighted by Gasteiger charge is 2.27. The van der Waals surface area contributed by atoms with Crippen LogP contribution in [-0.4, -0.2) is 20.7 Å². The van der Waals surface area contributed by atoms with E-state index < -0.39 is 10.0 Å². The summed E-state index contributed by atoms with van der Waals surface area (Å²) in [4.78, 5) is 0. The smallest absolute Gasteiger partial charge is 0.229 e. The largest absolute Gasteiger partial charge is 0.382 e. The quantitative estimate of drug-likeness (QED) is 0.893. The van der Waals surface area contributed by atoms with Gasteiger partial charge < -0.3 is 5.32 Å². The van der Waals surface area contributed by atoms with Crippen molar-refractivity contribution in [1.82, 2.24) is 0 Å². The van der Waals surface area contributed by atoms with E-state index in [1.54, 1.807) is 0 Å². The van der Waals surface area contributed by atoms with Crippen LogP contribution in [0.2, 0.25) is 0 Å². The number of hydrogen-bond donors (Lipinski definition) is 2. The maximum Gasteiger partial charge on any atom is 0.229 e. The normalized spacial score (nSPS) is 26.4. The fraction of sp³-hybridized carbons (Fsp3) is 0.625. The van der Waals surface area contributed by atoms with Gasteiger partial charge in [-0.15, -0.1) is 0 Å². The summed E-state index contributed by atoms with van der Waals surface area (Å²) in [6, 6.07) is 6.29. The Balaban J connectivity index is 2.13. The Labute approximate surface area is 128 Å². The van der Waals surface area contributed by atoms with E-state index in [0.29, 0.717) is 23.6 Å². The molecule has 0 aromatic heterocycles. The number of anilines is 2. The van der Waals surface area contributed by atoms with Crippen molar-refractivity contribution in [3.05, 3.63) is 23.8 Å². The van der Waals surface area contributed by atoms with E-state index in [1.807, 2.05) is 25.1 Å². The highest BCUT2D eigenvalue weighted by molar-refractivity contribution is 7.92. The molecule has 1 aromatic rings. The molecule has 21 heavy (non-hydrogen) atoms. The Morgan fingerprint density at radius 2 is 1.76 bits per heavy atom. The lowest BCUT2D eigenvalue weighted by Crippen LogP contribution is -2.37. The van der Waals surface area contributed by atoms with Gasteiger partial charge in [0.15, 0.2) is 0 Å². The molecule has 2 atom stereocenters. The van der Waals surface area contributed by atoms with Crippen molar-refractivity contribution in [3.8, 4) is 0 Å². The van der Waals surface area contributed by atoms with Gasteiger partial charge in [-0.1, -0.05) is 20.3 Å². The van der Waals surface area contributed by atoms with Crippen molar-refractivity contribution in [3.63, 3.8) is 0 Å². The summed E-state index contributed by atoms with van der Waals surface area (Å²) in [6.45, 7) is 6.53. The van der Waals surface area contributed by atoms with Crippen LogP contribution < -0.4 is 10.0 Å². The number of benzene rings is 1. The van der Waals surface area contributed by atoms with Gasteiger partial charge in [0.25, 0.3) is 0 Å². The summed E-state index contributed by atoms with van der Waals surface area (Å²) in [5.41, 5.74) is 2.64. The highest BCUT2D eigenvalue weighted by Crippen LogP contribution is 2.32. The van der Waals surface area contributed by atoms with E-state index in [0.717, 1.165) is 11.3 Å². The van der Waals surface area contributed by atoms with Gasteiger partial charge in [-0.05, 0) is 55.4 Å². The molecule has 4 nitrogen and oxygen atoms in total. The predicted molar refractivity (Wildman–Crippen MR) is 89.2 cm³/mol. The average Bonchev–Trinajstić information content (AvgIpc) is 2.36. The molecule has 1 aromatic carbocycles. The first-order valence-corrected chi connectivity index (χ1v) is 9.50. The second kappa shape index (κ2) is 6.26. The summed E-state index contributed by atoms with van der Waals surface area (Å²) in [5, 5.41) is 3.63. The minimum atomic E-state index is -3.23. The Morgan fingerprint density at radius 3 is 2.29 bits per heavy atom.